The van der Waals surface area contributed by atoms with Gasteiger partial charge in [0.15, 0.2) is 5.16 Å². The molecule has 0 saturated heterocycles. The Morgan fingerprint density at radius 2 is 1.95 bits per heavy atom. The summed E-state index contributed by atoms with van der Waals surface area (Å²) in [7, 11) is 0. The molecule has 6 heteroatoms. The van der Waals surface area contributed by atoms with Crippen LogP contribution in [0.15, 0.2) is 34.2 Å². The molecule has 0 amide bonds. The Labute approximate surface area is 127 Å². The molecule has 110 valence electrons. The van der Waals surface area contributed by atoms with Gasteiger partial charge in [-0.2, -0.15) is 0 Å². The van der Waals surface area contributed by atoms with Gasteiger partial charge in [0.25, 0.3) is 5.56 Å². The van der Waals surface area contributed by atoms with E-state index in [9.17, 15) is 4.79 Å². The Hall–Kier alpha value is -1.82. The Kier molecular flexibility index (Phi) is 3.96. The van der Waals surface area contributed by atoms with Crippen LogP contribution in [0.3, 0.4) is 0 Å². The second kappa shape index (κ2) is 5.89. The van der Waals surface area contributed by atoms with E-state index in [1.165, 1.54) is 0 Å². The largest absolute Gasteiger partial charge is 0.276 e. The molecule has 2 heterocycles. The molecule has 0 radical (unpaired) electrons. The molecular formula is C15H18N4OS. The molecule has 0 fully saturated rings. The van der Waals surface area contributed by atoms with Gasteiger partial charge in [-0.3, -0.25) is 13.8 Å². The molecule has 0 atom stereocenters. The van der Waals surface area contributed by atoms with Gasteiger partial charge in [-0.05, 0) is 25.0 Å². The Balaban J connectivity index is 2.38. The molecule has 0 saturated carbocycles. The van der Waals surface area contributed by atoms with Crippen molar-refractivity contribution >= 4 is 28.4 Å². The highest BCUT2D eigenvalue weighted by Gasteiger charge is 2.15. The fourth-order valence-corrected chi connectivity index (χ4v) is 3.24. The van der Waals surface area contributed by atoms with Crippen molar-refractivity contribution in [2.75, 3.05) is 5.75 Å². The second-order valence-electron chi connectivity index (χ2n) is 4.94. The summed E-state index contributed by atoms with van der Waals surface area (Å²) in [6.07, 6.45) is 1.96. The van der Waals surface area contributed by atoms with Crippen LogP contribution in [-0.2, 0) is 6.54 Å². The monoisotopic (exact) mass is 302 g/mol. The number of aromatic nitrogens is 4. The normalized spacial score (nSPS) is 11.5. The molecule has 21 heavy (non-hydrogen) atoms. The minimum Gasteiger partial charge on any atom is -0.276 e. The molecule has 0 unspecified atom stereocenters. The van der Waals surface area contributed by atoms with Crippen LogP contribution in [0.4, 0.5) is 0 Å². The minimum atomic E-state index is 0.0133. The van der Waals surface area contributed by atoms with Crippen LogP contribution in [0.2, 0.25) is 0 Å². The van der Waals surface area contributed by atoms with E-state index in [0.717, 1.165) is 34.7 Å². The fourth-order valence-electron chi connectivity index (χ4n) is 2.45. The molecule has 2 aromatic heterocycles. The van der Waals surface area contributed by atoms with Crippen LogP contribution in [-0.4, -0.2) is 24.9 Å². The van der Waals surface area contributed by atoms with Crippen LogP contribution < -0.4 is 5.56 Å². The molecule has 3 aromatic rings. The number of nitrogens with zero attached hydrogens (tertiary/aromatic N) is 4. The maximum Gasteiger partial charge on any atom is 0.262 e. The maximum absolute atomic E-state index is 12.6. The number of hydrogen-bond donors (Lipinski definition) is 0. The number of fused-ring (bicyclic) bond motifs is 3. The van der Waals surface area contributed by atoms with Crippen molar-refractivity contribution in [2.45, 2.75) is 38.4 Å². The summed E-state index contributed by atoms with van der Waals surface area (Å²) in [5, 5.41) is 10.1. The first kappa shape index (κ1) is 14.1. The van der Waals surface area contributed by atoms with Crippen LogP contribution in [0, 0.1) is 0 Å². The highest BCUT2D eigenvalue weighted by molar-refractivity contribution is 7.99. The first-order chi connectivity index (χ1) is 10.3. The average Bonchev–Trinajstić information content (AvgIpc) is 2.93. The lowest BCUT2D eigenvalue weighted by molar-refractivity contribution is 0.662. The first-order valence-electron chi connectivity index (χ1n) is 7.27. The standard InChI is InChI=1S/C15H18N4OS/c1-3-9-18-13(20)11-7-5-6-8-12(11)19-14(18)16-17-15(19)21-10-4-2/h5-8H,3-4,9-10H2,1-2H3. The van der Waals surface area contributed by atoms with Crippen LogP contribution in [0.25, 0.3) is 16.7 Å². The summed E-state index contributed by atoms with van der Waals surface area (Å²) < 4.78 is 3.73. The SMILES string of the molecule is CCCSc1nnc2n(CCC)c(=O)c3ccccc3n12. The zero-order valence-corrected chi connectivity index (χ0v) is 13.1. The van der Waals surface area contributed by atoms with Crippen molar-refractivity contribution in [1.29, 1.82) is 0 Å². The van der Waals surface area contributed by atoms with E-state index in [0.29, 0.717) is 12.3 Å². The van der Waals surface area contributed by atoms with Gasteiger partial charge in [0.05, 0.1) is 10.9 Å². The van der Waals surface area contributed by atoms with Crippen molar-refractivity contribution in [1.82, 2.24) is 19.2 Å². The lowest BCUT2D eigenvalue weighted by atomic mass is 10.2. The van der Waals surface area contributed by atoms with Gasteiger partial charge >= 0.3 is 0 Å². The highest BCUT2D eigenvalue weighted by Crippen LogP contribution is 2.21. The van der Waals surface area contributed by atoms with E-state index in [4.69, 9.17) is 0 Å². The number of para-hydroxylation sites is 1. The van der Waals surface area contributed by atoms with Gasteiger partial charge < -0.3 is 0 Å². The van der Waals surface area contributed by atoms with Crippen molar-refractivity contribution < 1.29 is 0 Å². The molecule has 5 nitrogen and oxygen atoms in total. The first-order valence-corrected chi connectivity index (χ1v) is 8.26. The molecule has 0 spiro atoms. The lowest BCUT2D eigenvalue weighted by Gasteiger charge is -2.10. The zero-order chi connectivity index (χ0) is 14.8. The predicted molar refractivity (Wildman–Crippen MR) is 86.1 cm³/mol. The number of thioether (sulfide) groups is 1. The molecule has 0 N–H and O–H groups in total. The van der Waals surface area contributed by atoms with Crippen molar-refractivity contribution in [3.05, 3.63) is 34.6 Å². The van der Waals surface area contributed by atoms with Gasteiger partial charge in [-0.25, -0.2) is 0 Å². The van der Waals surface area contributed by atoms with E-state index in [1.807, 2.05) is 28.7 Å². The van der Waals surface area contributed by atoms with Crippen molar-refractivity contribution in [3.63, 3.8) is 0 Å². The summed E-state index contributed by atoms with van der Waals surface area (Å²) in [5.74, 6) is 1.63. The van der Waals surface area contributed by atoms with Crippen LogP contribution in [0.5, 0.6) is 0 Å². The third-order valence-corrected chi connectivity index (χ3v) is 4.50. The maximum atomic E-state index is 12.6. The summed E-state index contributed by atoms with van der Waals surface area (Å²) in [5.41, 5.74) is 0.896. The van der Waals surface area contributed by atoms with Crippen molar-refractivity contribution in [2.24, 2.45) is 0 Å². The Morgan fingerprint density at radius 1 is 1.14 bits per heavy atom. The number of hydrogen-bond acceptors (Lipinski definition) is 4. The molecule has 0 aliphatic carbocycles. The Morgan fingerprint density at radius 3 is 2.71 bits per heavy atom. The van der Waals surface area contributed by atoms with Gasteiger partial charge in [-0.1, -0.05) is 37.7 Å². The van der Waals surface area contributed by atoms with E-state index in [2.05, 4.69) is 24.0 Å². The Bertz CT molecular complexity index is 837. The van der Waals surface area contributed by atoms with Crippen molar-refractivity contribution in [3.8, 4) is 0 Å². The highest BCUT2D eigenvalue weighted by atomic mass is 32.2. The smallest absolute Gasteiger partial charge is 0.262 e. The van der Waals surface area contributed by atoms with Gasteiger partial charge in [0, 0.05) is 12.3 Å². The predicted octanol–water partition coefficient (Wildman–Crippen LogP) is 2.96. The third kappa shape index (κ3) is 2.33. The topological polar surface area (TPSA) is 52.2 Å². The third-order valence-electron chi connectivity index (χ3n) is 3.36. The molecule has 0 aliphatic rings. The van der Waals surface area contributed by atoms with E-state index in [-0.39, 0.29) is 5.56 Å². The summed E-state index contributed by atoms with van der Waals surface area (Å²) in [6, 6.07) is 7.67. The van der Waals surface area contributed by atoms with Crippen LogP contribution >= 0.6 is 11.8 Å². The fraction of sp³-hybridized carbons (Fsp3) is 0.400. The summed E-state index contributed by atoms with van der Waals surface area (Å²) in [6.45, 7) is 4.85. The van der Waals surface area contributed by atoms with Gasteiger partial charge in [0.2, 0.25) is 5.78 Å². The zero-order valence-electron chi connectivity index (χ0n) is 12.2. The quantitative estimate of drug-likeness (QED) is 0.680. The number of rotatable bonds is 5. The molecule has 0 bridgehead atoms. The molecule has 0 aliphatic heterocycles. The lowest BCUT2D eigenvalue weighted by Crippen LogP contribution is -2.23. The van der Waals surface area contributed by atoms with Crippen LogP contribution in [0.1, 0.15) is 26.7 Å². The van der Waals surface area contributed by atoms with E-state index >= 15 is 0 Å². The minimum absolute atomic E-state index is 0.0133. The van der Waals surface area contributed by atoms with E-state index in [1.54, 1.807) is 16.3 Å². The molecule has 1 aromatic carbocycles. The molecular weight excluding hydrogens is 284 g/mol. The van der Waals surface area contributed by atoms with Gasteiger partial charge in [-0.15, -0.1) is 10.2 Å². The molecule has 3 rings (SSSR count). The summed E-state index contributed by atoms with van der Waals surface area (Å²) in [4.78, 5) is 12.6. The number of benzene rings is 1. The van der Waals surface area contributed by atoms with Gasteiger partial charge in [0.1, 0.15) is 0 Å². The average molecular weight is 302 g/mol. The number of aryl methyl sites for hydroxylation is 1. The van der Waals surface area contributed by atoms with E-state index < -0.39 is 0 Å². The second-order valence-corrected chi connectivity index (χ2v) is 6.00. The summed E-state index contributed by atoms with van der Waals surface area (Å²) >= 11 is 1.68.